The van der Waals surface area contributed by atoms with Gasteiger partial charge in [0.25, 0.3) is 5.91 Å². The molecule has 5 heteroatoms. The van der Waals surface area contributed by atoms with Crippen LogP contribution in [-0.4, -0.2) is 17.9 Å². The van der Waals surface area contributed by atoms with E-state index in [0.29, 0.717) is 28.8 Å². The summed E-state index contributed by atoms with van der Waals surface area (Å²) in [6, 6.07) is 22.1. The molecule has 0 bridgehead atoms. The van der Waals surface area contributed by atoms with E-state index in [1.165, 1.54) is 0 Å². The Bertz CT molecular complexity index is 1340. The van der Waals surface area contributed by atoms with Crippen molar-refractivity contribution in [2.45, 2.75) is 19.5 Å². The zero-order valence-corrected chi connectivity index (χ0v) is 17.3. The maximum Gasteiger partial charge on any atom is 0.291 e. The van der Waals surface area contributed by atoms with E-state index in [4.69, 9.17) is 9.15 Å². The molecular weight excluding hydrogens is 390 g/mol. The van der Waals surface area contributed by atoms with Crippen LogP contribution in [0.4, 0.5) is 0 Å². The van der Waals surface area contributed by atoms with Crippen LogP contribution in [0, 0.1) is 6.92 Å². The summed E-state index contributed by atoms with van der Waals surface area (Å²) in [5.41, 5.74) is 3.44. The van der Waals surface area contributed by atoms with Crippen molar-refractivity contribution in [3.63, 3.8) is 0 Å². The molecule has 0 fully saturated rings. The normalized spacial score (nSPS) is 15.4. The lowest BCUT2D eigenvalue weighted by molar-refractivity contribution is 0.0714. The number of amides is 1. The Hall–Kier alpha value is -3.86. The fourth-order valence-electron chi connectivity index (χ4n) is 4.21. The Labute approximate surface area is 179 Å². The van der Waals surface area contributed by atoms with E-state index in [-0.39, 0.29) is 17.1 Å². The number of ether oxygens (including phenoxy) is 1. The van der Waals surface area contributed by atoms with Crippen molar-refractivity contribution >= 4 is 16.9 Å². The maximum absolute atomic E-state index is 13.6. The quantitative estimate of drug-likeness (QED) is 0.481. The number of hydrogen-bond donors (Lipinski definition) is 0. The van der Waals surface area contributed by atoms with Gasteiger partial charge in [-0.05, 0) is 42.3 Å². The average molecular weight is 411 g/mol. The van der Waals surface area contributed by atoms with Crippen LogP contribution in [0.25, 0.3) is 11.0 Å². The predicted molar refractivity (Wildman–Crippen MR) is 118 cm³/mol. The topological polar surface area (TPSA) is 59.8 Å². The summed E-state index contributed by atoms with van der Waals surface area (Å²) in [6.45, 7) is 2.30. The van der Waals surface area contributed by atoms with Crippen LogP contribution in [0.15, 0.2) is 82.0 Å². The van der Waals surface area contributed by atoms with Gasteiger partial charge in [0.05, 0.1) is 24.1 Å². The van der Waals surface area contributed by atoms with Gasteiger partial charge in [-0.2, -0.15) is 0 Å². The highest BCUT2D eigenvalue weighted by Crippen LogP contribution is 2.39. The lowest BCUT2D eigenvalue weighted by Gasteiger charge is -2.25. The van der Waals surface area contributed by atoms with Gasteiger partial charge < -0.3 is 14.1 Å². The molecule has 0 N–H and O–H groups in total. The third-order valence-corrected chi connectivity index (χ3v) is 5.75. The molecule has 0 saturated carbocycles. The summed E-state index contributed by atoms with van der Waals surface area (Å²) in [5.74, 6) is 0.557. The molecule has 0 saturated heterocycles. The van der Waals surface area contributed by atoms with E-state index in [1.54, 1.807) is 18.1 Å². The lowest BCUT2D eigenvalue weighted by Crippen LogP contribution is -2.29. The van der Waals surface area contributed by atoms with Crippen molar-refractivity contribution in [2.75, 3.05) is 7.11 Å². The van der Waals surface area contributed by atoms with E-state index in [2.05, 4.69) is 0 Å². The number of carbonyl (C=O) groups excluding carboxylic acids is 1. The molecule has 1 aliphatic heterocycles. The third-order valence-electron chi connectivity index (χ3n) is 5.75. The summed E-state index contributed by atoms with van der Waals surface area (Å²) in [6.07, 6.45) is 0. The number of carbonyl (C=O) groups is 1. The Morgan fingerprint density at radius 3 is 2.42 bits per heavy atom. The Kier molecular flexibility index (Phi) is 4.59. The van der Waals surface area contributed by atoms with Crippen molar-refractivity contribution in [1.29, 1.82) is 0 Å². The number of rotatable bonds is 4. The summed E-state index contributed by atoms with van der Waals surface area (Å²) in [7, 11) is 1.61. The highest BCUT2D eigenvalue weighted by Gasteiger charge is 2.42. The Morgan fingerprint density at radius 1 is 0.968 bits per heavy atom. The summed E-state index contributed by atoms with van der Waals surface area (Å²) < 4.78 is 11.3. The number of nitrogens with zero attached hydrogens (tertiary/aromatic N) is 1. The molecule has 31 heavy (non-hydrogen) atoms. The predicted octanol–water partition coefficient (Wildman–Crippen LogP) is 4.86. The molecule has 2 heterocycles. The second kappa shape index (κ2) is 7.43. The molecule has 5 rings (SSSR count). The maximum atomic E-state index is 13.6. The first-order valence-electron chi connectivity index (χ1n) is 10.1. The monoisotopic (exact) mass is 411 g/mol. The van der Waals surface area contributed by atoms with E-state index < -0.39 is 6.04 Å². The molecule has 1 aliphatic rings. The minimum absolute atomic E-state index is 0.123. The third kappa shape index (κ3) is 3.19. The highest BCUT2D eigenvalue weighted by atomic mass is 16.5. The van der Waals surface area contributed by atoms with E-state index in [0.717, 1.165) is 16.7 Å². The zero-order chi connectivity index (χ0) is 21.5. The van der Waals surface area contributed by atoms with Crippen molar-refractivity contribution in [3.05, 3.63) is 111 Å². The van der Waals surface area contributed by atoms with Crippen LogP contribution in [0.2, 0.25) is 0 Å². The van der Waals surface area contributed by atoms with Gasteiger partial charge in [0.15, 0.2) is 5.43 Å². The molecule has 0 aliphatic carbocycles. The smallest absolute Gasteiger partial charge is 0.291 e. The average Bonchev–Trinajstić information content (AvgIpc) is 3.07. The molecule has 0 spiro atoms. The standard InChI is InChI=1S/C26H21NO4/c1-16-8-13-21-20(14-16)24(28)22-23(18-9-11-19(30-2)12-10-18)27(26(29)25(22)31-21)15-17-6-4-3-5-7-17/h3-14,23H,15H2,1-2H3/t23-/m0/s1. The molecule has 3 aromatic carbocycles. The SMILES string of the molecule is COc1ccc([C@H]2c3c(oc4ccc(C)cc4c3=O)C(=O)N2Cc2ccccc2)cc1. The Balaban J connectivity index is 1.72. The number of aryl methyl sites for hydroxylation is 1. The molecule has 154 valence electrons. The van der Waals surface area contributed by atoms with E-state index in [9.17, 15) is 9.59 Å². The summed E-state index contributed by atoms with van der Waals surface area (Å²) in [4.78, 5) is 28.7. The van der Waals surface area contributed by atoms with Crippen LogP contribution in [0.3, 0.4) is 0 Å². The summed E-state index contributed by atoms with van der Waals surface area (Å²) >= 11 is 0. The van der Waals surface area contributed by atoms with Gasteiger partial charge in [0.1, 0.15) is 11.3 Å². The van der Waals surface area contributed by atoms with Crippen LogP contribution >= 0.6 is 0 Å². The fraction of sp³-hybridized carbons (Fsp3) is 0.154. The second-order valence-corrected chi connectivity index (χ2v) is 7.77. The first-order chi connectivity index (χ1) is 15.1. The number of hydrogen-bond acceptors (Lipinski definition) is 4. The minimum atomic E-state index is -0.533. The molecule has 1 aromatic heterocycles. The highest BCUT2D eigenvalue weighted by molar-refractivity contribution is 5.99. The van der Waals surface area contributed by atoms with Crippen LogP contribution in [0.5, 0.6) is 5.75 Å². The van der Waals surface area contributed by atoms with Gasteiger partial charge >= 0.3 is 0 Å². The molecule has 5 nitrogen and oxygen atoms in total. The number of fused-ring (bicyclic) bond motifs is 2. The van der Waals surface area contributed by atoms with Crippen molar-refractivity contribution in [3.8, 4) is 5.75 Å². The first kappa shape index (κ1) is 19.1. The van der Waals surface area contributed by atoms with Crippen LogP contribution in [-0.2, 0) is 6.54 Å². The van der Waals surface area contributed by atoms with Crippen LogP contribution < -0.4 is 10.2 Å². The van der Waals surface area contributed by atoms with E-state index in [1.807, 2.05) is 73.7 Å². The second-order valence-electron chi connectivity index (χ2n) is 7.77. The fourth-order valence-corrected chi connectivity index (χ4v) is 4.21. The van der Waals surface area contributed by atoms with Crippen molar-refractivity contribution < 1.29 is 13.9 Å². The number of benzene rings is 3. The molecule has 0 radical (unpaired) electrons. The molecular formula is C26H21NO4. The van der Waals surface area contributed by atoms with Gasteiger partial charge in [-0.1, -0.05) is 54.1 Å². The van der Waals surface area contributed by atoms with Gasteiger partial charge in [0.2, 0.25) is 5.76 Å². The molecule has 1 atom stereocenters. The van der Waals surface area contributed by atoms with Crippen LogP contribution in [0.1, 0.15) is 38.9 Å². The van der Waals surface area contributed by atoms with Gasteiger partial charge in [0, 0.05) is 6.54 Å². The molecule has 0 unspecified atom stereocenters. The molecule has 4 aromatic rings. The van der Waals surface area contributed by atoms with Gasteiger partial charge in [-0.25, -0.2) is 0 Å². The van der Waals surface area contributed by atoms with Crippen molar-refractivity contribution in [1.82, 2.24) is 4.90 Å². The van der Waals surface area contributed by atoms with Gasteiger partial charge in [-0.15, -0.1) is 0 Å². The first-order valence-corrected chi connectivity index (χ1v) is 10.1. The molecule has 1 amide bonds. The van der Waals surface area contributed by atoms with Gasteiger partial charge in [-0.3, -0.25) is 9.59 Å². The zero-order valence-electron chi connectivity index (χ0n) is 17.3. The van der Waals surface area contributed by atoms with E-state index >= 15 is 0 Å². The Morgan fingerprint density at radius 2 is 1.71 bits per heavy atom. The van der Waals surface area contributed by atoms with Crippen molar-refractivity contribution in [2.24, 2.45) is 0 Å². The minimum Gasteiger partial charge on any atom is -0.497 e. The largest absolute Gasteiger partial charge is 0.497 e. The lowest BCUT2D eigenvalue weighted by atomic mass is 9.98. The summed E-state index contributed by atoms with van der Waals surface area (Å²) in [5, 5.41) is 0.492. The number of methoxy groups -OCH3 is 1.